The Balaban J connectivity index is 1.38. The maximum Gasteiger partial charge on any atom is 0.230 e. The SMILES string of the molecule is Cc1nnc(-c2ccc3cnc(CC(=O)N4C[C@@H]5C[C@H]4CN5C)nc3c2)s1. The molecule has 2 aliphatic rings. The van der Waals surface area contributed by atoms with Crippen LogP contribution in [0.3, 0.4) is 0 Å². The van der Waals surface area contributed by atoms with E-state index in [4.69, 9.17) is 0 Å². The normalized spacial score (nSPS) is 22.1. The van der Waals surface area contributed by atoms with E-state index in [9.17, 15) is 4.79 Å². The van der Waals surface area contributed by atoms with Gasteiger partial charge in [-0.1, -0.05) is 23.5 Å². The second-order valence-electron chi connectivity index (χ2n) is 7.39. The fraction of sp³-hybridized carbons (Fsp3) is 0.421. The molecule has 1 amide bonds. The lowest BCUT2D eigenvalue weighted by Crippen LogP contribution is -2.47. The number of likely N-dealkylation sites (N-methyl/N-ethyl adjacent to an activating group) is 1. The van der Waals surface area contributed by atoms with Crippen molar-refractivity contribution in [3.8, 4) is 10.6 Å². The van der Waals surface area contributed by atoms with E-state index in [-0.39, 0.29) is 12.3 Å². The van der Waals surface area contributed by atoms with E-state index >= 15 is 0 Å². The number of carbonyl (C=O) groups excluding carboxylic acids is 1. The standard InChI is InChI=1S/C19H20N6OS/c1-11-22-23-19(27-11)12-3-4-13-8-20-17(21-16(13)5-12)7-18(26)25-10-14-6-15(25)9-24(14)2/h3-5,8,14-15H,6-7,9-10H2,1-2H3/t14-,15-/m0/s1. The summed E-state index contributed by atoms with van der Waals surface area (Å²) >= 11 is 1.56. The number of hydrogen-bond donors (Lipinski definition) is 0. The number of nitrogens with zero attached hydrogens (tertiary/aromatic N) is 6. The zero-order valence-electron chi connectivity index (χ0n) is 15.3. The molecule has 0 spiro atoms. The first kappa shape index (κ1) is 16.7. The van der Waals surface area contributed by atoms with E-state index < -0.39 is 0 Å². The van der Waals surface area contributed by atoms with Crippen molar-refractivity contribution >= 4 is 28.1 Å². The molecule has 0 saturated carbocycles. The van der Waals surface area contributed by atoms with E-state index in [0.29, 0.717) is 17.9 Å². The van der Waals surface area contributed by atoms with Gasteiger partial charge in [-0.2, -0.15) is 0 Å². The van der Waals surface area contributed by atoms with Gasteiger partial charge in [-0.05, 0) is 26.5 Å². The third kappa shape index (κ3) is 2.98. The first-order chi connectivity index (χ1) is 13.1. The van der Waals surface area contributed by atoms with Gasteiger partial charge < -0.3 is 4.90 Å². The molecule has 2 aliphatic heterocycles. The molecule has 0 N–H and O–H groups in total. The van der Waals surface area contributed by atoms with Crippen molar-refractivity contribution in [2.24, 2.45) is 0 Å². The summed E-state index contributed by atoms with van der Waals surface area (Å²) in [5, 5.41) is 11.1. The predicted octanol–water partition coefficient (Wildman–Crippen LogP) is 1.91. The second kappa shape index (κ2) is 6.31. The van der Waals surface area contributed by atoms with Crippen LogP contribution in [0.1, 0.15) is 17.3 Å². The molecule has 138 valence electrons. The lowest BCUT2D eigenvalue weighted by atomic mass is 10.1. The quantitative estimate of drug-likeness (QED) is 0.691. The highest BCUT2D eigenvalue weighted by Gasteiger charge is 2.43. The molecule has 0 radical (unpaired) electrons. The monoisotopic (exact) mass is 380 g/mol. The largest absolute Gasteiger partial charge is 0.336 e. The van der Waals surface area contributed by atoms with Crippen molar-refractivity contribution in [3.63, 3.8) is 0 Å². The van der Waals surface area contributed by atoms with E-state index in [1.165, 1.54) is 0 Å². The van der Waals surface area contributed by atoms with Gasteiger partial charge >= 0.3 is 0 Å². The molecule has 0 unspecified atom stereocenters. The molecule has 2 atom stereocenters. The van der Waals surface area contributed by atoms with Crippen molar-refractivity contribution < 1.29 is 4.79 Å². The topological polar surface area (TPSA) is 75.1 Å². The summed E-state index contributed by atoms with van der Waals surface area (Å²) in [6.07, 6.45) is 3.14. The van der Waals surface area contributed by atoms with E-state index in [1.807, 2.05) is 30.0 Å². The smallest absolute Gasteiger partial charge is 0.230 e. The van der Waals surface area contributed by atoms with Crippen LogP contribution in [-0.2, 0) is 11.2 Å². The molecule has 7 nitrogen and oxygen atoms in total. The average Bonchev–Trinajstić information content (AvgIpc) is 3.36. The zero-order chi connectivity index (χ0) is 18.5. The molecule has 2 fully saturated rings. The summed E-state index contributed by atoms with van der Waals surface area (Å²) in [6.45, 7) is 3.74. The molecular weight excluding hydrogens is 360 g/mol. The van der Waals surface area contributed by atoms with Crippen LogP contribution in [0, 0.1) is 6.92 Å². The second-order valence-corrected chi connectivity index (χ2v) is 8.57. The number of piperazine rings is 1. The van der Waals surface area contributed by atoms with Crippen LogP contribution in [0.5, 0.6) is 0 Å². The minimum Gasteiger partial charge on any atom is -0.336 e. The molecule has 1 aromatic carbocycles. The van der Waals surface area contributed by atoms with Gasteiger partial charge in [-0.25, -0.2) is 9.97 Å². The Morgan fingerprint density at radius 3 is 2.85 bits per heavy atom. The summed E-state index contributed by atoms with van der Waals surface area (Å²) in [5.41, 5.74) is 1.82. The van der Waals surface area contributed by atoms with Crippen LogP contribution in [-0.4, -0.2) is 68.1 Å². The van der Waals surface area contributed by atoms with Gasteiger partial charge in [-0.3, -0.25) is 9.69 Å². The molecule has 2 saturated heterocycles. The van der Waals surface area contributed by atoms with Gasteiger partial charge in [0.2, 0.25) is 5.91 Å². The summed E-state index contributed by atoms with van der Waals surface area (Å²) in [6, 6.07) is 6.85. The molecule has 3 aromatic rings. The van der Waals surface area contributed by atoms with Gasteiger partial charge in [0.1, 0.15) is 15.8 Å². The number of likely N-dealkylation sites (tertiary alicyclic amines) is 2. The van der Waals surface area contributed by atoms with Crippen LogP contribution in [0.15, 0.2) is 24.4 Å². The maximum atomic E-state index is 12.7. The van der Waals surface area contributed by atoms with Crippen LogP contribution in [0.2, 0.25) is 0 Å². The van der Waals surface area contributed by atoms with E-state index in [0.717, 1.165) is 46.0 Å². The Morgan fingerprint density at radius 1 is 1.26 bits per heavy atom. The van der Waals surface area contributed by atoms with E-state index in [1.54, 1.807) is 17.5 Å². The summed E-state index contributed by atoms with van der Waals surface area (Å²) in [5.74, 6) is 0.708. The lowest BCUT2D eigenvalue weighted by Gasteiger charge is -2.31. The van der Waals surface area contributed by atoms with Gasteiger partial charge in [0.15, 0.2) is 0 Å². The van der Waals surface area contributed by atoms with Gasteiger partial charge in [0.25, 0.3) is 0 Å². The lowest BCUT2D eigenvalue weighted by molar-refractivity contribution is -0.132. The Labute approximate surface area is 161 Å². The number of rotatable bonds is 3. The van der Waals surface area contributed by atoms with Crippen molar-refractivity contribution in [1.82, 2.24) is 30.0 Å². The molecule has 4 heterocycles. The maximum absolute atomic E-state index is 12.7. The molecule has 8 heteroatoms. The van der Waals surface area contributed by atoms with Crippen molar-refractivity contribution in [1.29, 1.82) is 0 Å². The number of fused-ring (bicyclic) bond motifs is 3. The minimum atomic E-state index is 0.130. The summed E-state index contributed by atoms with van der Waals surface area (Å²) in [4.78, 5) is 26.2. The number of aryl methyl sites for hydroxylation is 1. The van der Waals surface area contributed by atoms with Gasteiger partial charge in [0.05, 0.1) is 11.9 Å². The molecule has 5 rings (SSSR count). The van der Waals surface area contributed by atoms with Crippen molar-refractivity contribution in [3.05, 3.63) is 35.2 Å². The van der Waals surface area contributed by atoms with E-state index in [2.05, 4.69) is 32.1 Å². The third-order valence-corrected chi connectivity index (χ3v) is 6.44. The number of benzene rings is 1. The molecule has 0 aliphatic carbocycles. The molecule has 27 heavy (non-hydrogen) atoms. The number of aromatic nitrogens is 4. The Morgan fingerprint density at radius 2 is 2.15 bits per heavy atom. The minimum absolute atomic E-state index is 0.130. The van der Waals surface area contributed by atoms with Crippen LogP contribution in [0.4, 0.5) is 0 Å². The molecule has 2 aromatic heterocycles. The number of hydrogen-bond acceptors (Lipinski definition) is 7. The Kier molecular flexibility index (Phi) is 3.91. The molecule has 2 bridgehead atoms. The first-order valence-electron chi connectivity index (χ1n) is 9.13. The van der Waals surface area contributed by atoms with Crippen LogP contribution >= 0.6 is 11.3 Å². The Bertz CT molecular complexity index is 1030. The fourth-order valence-electron chi connectivity index (χ4n) is 4.10. The van der Waals surface area contributed by atoms with Gasteiger partial charge in [0, 0.05) is 42.3 Å². The number of amides is 1. The first-order valence-corrected chi connectivity index (χ1v) is 9.94. The van der Waals surface area contributed by atoms with Crippen molar-refractivity contribution in [2.75, 3.05) is 20.1 Å². The third-order valence-electron chi connectivity index (χ3n) is 5.55. The van der Waals surface area contributed by atoms with Crippen molar-refractivity contribution in [2.45, 2.75) is 31.8 Å². The van der Waals surface area contributed by atoms with Gasteiger partial charge in [-0.15, -0.1) is 10.2 Å². The highest BCUT2D eigenvalue weighted by molar-refractivity contribution is 7.14. The highest BCUT2D eigenvalue weighted by atomic mass is 32.1. The summed E-state index contributed by atoms with van der Waals surface area (Å²) in [7, 11) is 2.13. The fourth-order valence-corrected chi connectivity index (χ4v) is 4.79. The highest BCUT2D eigenvalue weighted by Crippen LogP contribution is 2.30. The average molecular weight is 380 g/mol. The number of carbonyl (C=O) groups is 1. The molecular formula is C19H20N6OS. The summed E-state index contributed by atoms with van der Waals surface area (Å²) < 4.78 is 0. The van der Waals surface area contributed by atoms with Crippen LogP contribution in [0.25, 0.3) is 21.5 Å². The zero-order valence-corrected chi connectivity index (χ0v) is 16.1. The van der Waals surface area contributed by atoms with Crippen LogP contribution < -0.4 is 0 Å². The predicted molar refractivity (Wildman–Crippen MR) is 103 cm³/mol. The Hall–Kier alpha value is -2.45.